The molecule has 6 rings (SSSR count). The summed E-state index contributed by atoms with van der Waals surface area (Å²) in [6.45, 7) is 23.0. The van der Waals surface area contributed by atoms with Crippen molar-refractivity contribution in [1.82, 2.24) is 0 Å². The Morgan fingerprint density at radius 1 is 0.542 bits per heavy atom. The first kappa shape index (κ1) is 46.2. The van der Waals surface area contributed by atoms with Crippen molar-refractivity contribution < 1.29 is 62.5 Å². The Bertz CT molecular complexity index is 1570. The maximum Gasteiger partial charge on any atom is 0.308 e. The van der Waals surface area contributed by atoms with Crippen LogP contribution in [0.4, 0.5) is 0 Å². The Kier molecular flexibility index (Phi) is 11.5. The lowest BCUT2D eigenvalue weighted by atomic mass is 9.41. The Morgan fingerprint density at radius 3 is 1.19 bits per heavy atom. The lowest BCUT2D eigenvalue weighted by molar-refractivity contribution is -0.370. The SMILES string of the molecule is COC(=O)C[C@@]1(C)CC[C@]2(O1)[C@@]1(C)CC[C@H](OC(C)=O)C(C)(C)[C@H]1C[C@H](O[C@H]1C[C@@H]3C(C)(C)[C@@H](OC(C)=O)CC[C@]3(C)[C@@]3(CC[C@](C)(CC(=O)OC)O3)[C@]1(C)O)[C@@]2(C)O. The molecule has 6 fully saturated rings. The van der Waals surface area contributed by atoms with Crippen molar-refractivity contribution in [3.05, 3.63) is 0 Å². The minimum Gasteiger partial charge on any atom is -0.469 e. The molecule has 0 radical (unpaired) electrons. The van der Waals surface area contributed by atoms with E-state index >= 15 is 0 Å². The summed E-state index contributed by atoms with van der Waals surface area (Å²) in [5, 5.41) is 26.8. The zero-order chi connectivity index (χ0) is 44.2. The second kappa shape index (κ2) is 14.6. The molecule has 14 atom stereocenters. The first-order valence-electron chi connectivity index (χ1n) is 22.0. The Balaban J connectivity index is 1.48. The molecule has 6 aliphatic rings. The number of fused-ring (bicyclic) bond motifs is 4. The van der Waals surface area contributed by atoms with Crippen LogP contribution in [0, 0.1) is 33.5 Å². The molecule has 13 nitrogen and oxygen atoms in total. The summed E-state index contributed by atoms with van der Waals surface area (Å²) in [7, 11) is 2.71. The number of methoxy groups -OCH3 is 2. The van der Waals surface area contributed by atoms with Gasteiger partial charge in [-0.1, -0.05) is 41.5 Å². The van der Waals surface area contributed by atoms with E-state index in [0.29, 0.717) is 64.2 Å². The van der Waals surface area contributed by atoms with Gasteiger partial charge in [0.05, 0.1) is 50.5 Å². The Hall–Kier alpha value is -2.32. The maximum absolute atomic E-state index is 13.4. The van der Waals surface area contributed by atoms with Gasteiger partial charge in [-0.2, -0.15) is 0 Å². The van der Waals surface area contributed by atoms with Gasteiger partial charge in [0.2, 0.25) is 0 Å². The Labute approximate surface area is 351 Å². The predicted octanol–water partition coefficient (Wildman–Crippen LogP) is 6.54. The summed E-state index contributed by atoms with van der Waals surface area (Å²) in [6, 6.07) is 0. The third kappa shape index (κ3) is 6.79. The highest BCUT2D eigenvalue weighted by Crippen LogP contribution is 2.72. The molecule has 2 N–H and O–H groups in total. The van der Waals surface area contributed by atoms with E-state index in [0.717, 1.165) is 0 Å². The van der Waals surface area contributed by atoms with Crippen LogP contribution in [-0.4, -0.2) is 106 Å². The molecule has 0 bridgehead atoms. The summed E-state index contributed by atoms with van der Waals surface area (Å²) in [5.74, 6) is -1.92. The van der Waals surface area contributed by atoms with Crippen LogP contribution >= 0.6 is 0 Å². The Morgan fingerprint density at radius 2 is 0.881 bits per heavy atom. The summed E-state index contributed by atoms with van der Waals surface area (Å²) < 4.78 is 44.2. The van der Waals surface area contributed by atoms with Gasteiger partial charge in [0, 0.05) is 35.5 Å². The fraction of sp³-hybridized carbons (Fsp3) is 0.913. The monoisotopic (exact) mass is 835 g/mol. The molecule has 2 heterocycles. The van der Waals surface area contributed by atoms with Crippen molar-refractivity contribution in [2.24, 2.45) is 33.5 Å². The molecule has 336 valence electrons. The first-order chi connectivity index (χ1) is 27.0. The number of carbonyl (C=O) groups excluding carboxylic acids is 4. The van der Waals surface area contributed by atoms with Crippen LogP contribution in [0.25, 0.3) is 0 Å². The number of rotatable bonds is 8. The van der Waals surface area contributed by atoms with E-state index in [1.807, 2.05) is 13.8 Å². The van der Waals surface area contributed by atoms with Gasteiger partial charge in [0.1, 0.15) is 34.6 Å². The molecule has 0 unspecified atom stereocenters. The normalized spacial score (nSPS) is 48.5. The van der Waals surface area contributed by atoms with E-state index in [9.17, 15) is 29.4 Å². The predicted molar refractivity (Wildman–Crippen MR) is 216 cm³/mol. The minimum atomic E-state index is -1.64. The number of esters is 4. The van der Waals surface area contributed by atoms with Crippen molar-refractivity contribution in [2.75, 3.05) is 14.2 Å². The molecule has 2 spiro atoms. The van der Waals surface area contributed by atoms with Gasteiger partial charge in [-0.15, -0.1) is 0 Å². The van der Waals surface area contributed by atoms with Gasteiger partial charge in [-0.3, -0.25) is 19.2 Å². The van der Waals surface area contributed by atoms with Gasteiger partial charge in [-0.25, -0.2) is 0 Å². The number of ether oxygens (including phenoxy) is 7. The van der Waals surface area contributed by atoms with Crippen molar-refractivity contribution in [2.45, 2.75) is 218 Å². The van der Waals surface area contributed by atoms with Gasteiger partial charge in [-0.05, 0) is 104 Å². The quantitative estimate of drug-likeness (QED) is 0.200. The topological polar surface area (TPSA) is 173 Å². The van der Waals surface area contributed by atoms with E-state index < -0.39 is 91.6 Å². The van der Waals surface area contributed by atoms with E-state index in [-0.39, 0.29) is 36.6 Å². The van der Waals surface area contributed by atoms with Crippen LogP contribution in [0.5, 0.6) is 0 Å². The minimum absolute atomic E-state index is 0.00739. The lowest BCUT2D eigenvalue weighted by Crippen LogP contribution is -2.79. The molecule has 4 saturated carbocycles. The highest BCUT2D eigenvalue weighted by Gasteiger charge is 2.78. The standard InChI is InChI=1S/C46H74O13/c1-27(47)55-31-15-17-41(9)29(37(31,3)4)23-33(43(11,51)45(41)21-19-39(7,58-45)25-35(49)53-13)57-34-24-30-38(5,6)32(56-28(2)48)16-18-42(30,10)46(44(34,12)52)22-20-40(8,59-46)26-36(50)54-14/h29-34,51-52H,15-26H2,1-14H3/t29-,30-,31+,32+,33+,34+,39-,40-,41+,42+,43-,44-,45+,46+/m1/s1. The number of hydrogen-bond acceptors (Lipinski definition) is 13. The molecule has 2 aliphatic heterocycles. The van der Waals surface area contributed by atoms with Crippen LogP contribution in [0.3, 0.4) is 0 Å². The van der Waals surface area contributed by atoms with Crippen molar-refractivity contribution in [3.63, 3.8) is 0 Å². The van der Waals surface area contributed by atoms with Crippen LogP contribution in [-0.2, 0) is 52.3 Å². The highest BCUT2D eigenvalue weighted by atomic mass is 16.6. The van der Waals surface area contributed by atoms with Crippen molar-refractivity contribution >= 4 is 23.9 Å². The zero-order valence-electron chi connectivity index (χ0n) is 38.3. The molecule has 0 aromatic heterocycles. The van der Waals surface area contributed by atoms with Crippen molar-refractivity contribution in [1.29, 1.82) is 0 Å². The molecule has 0 aromatic rings. The van der Waals surface area contributed by atoms with Gasteiger partial charge in [0.15, 0.2) is 0 Å². The average molecular weight is 835 g/mol. The van der Waals surface area contributed by atoms with Crippen LogP contribution < -0.4 is 0 Å². The second-order valence-corrected chi connectivity index (χ2v) is 22.0. The summed E-state index contributed by atoms with van der Waals surface area (Å²) >= 11 is 0. The van der Waals surface area contributed by atoms with Gasteiger partial charge in [0.25, 0.3) is 0 Å². The van der Waals surface area contributed by atoms with Gasteiger partial charge < -0.3 is 43.4 Å². The second-order valence-electron chi connectivity index (χ2n) is 22.0. The van der Waals surface area contributed by atoms with Gasteiger partial charge >= 0.3 is 23.9 Å². The molecule has 2 saturated heterocycles. The molecular weight excluding hydrogens is 760 g/mol. The smallest absolute Gasteiger partial charge is 0.308 e. The molecule has 0 amide bonds. The number of carbonyl (C=O) groups is 4. The van der Waals surface area contributed by atoms with Crippen LogP contribution in [0.1, 0.15) is 160 Å². The lowest BCUT2D eigenvalue weighted by Gasteiger charge is -2.70. The van der Waals surface area contributed by atoms with Crippen LogP contribution in [0.2, 0.25) is 0 Å². The van der Waals surface area contributed by atoms with Crippen molar-refractivity contribution in [3.8, 4) is 0 Å². The van der Waals surface area contributed by atoms with E-state index in [1.165, 1.54) is 28.1 Å². The molecule has 4 aliphatic carbocycles. The molecule has 13 heteroatoms. The van der Waals surface area contributed by atoms with E-state index in [2.05, 4.69) is 41.5 Å². The fourth-order valence-electron chi connectivity index (χ4n) is 14.5. The zero-order valence-corrected chi connectivity index (χ0v) is 38.3. The van der Waals surface area contributed by atoms with Crippen LogP contribution in [0.15, 0.2) is 0 Å². The average Bonchev–Trinajstić information content (AvgIpc) is 3.67. The summed E-state index contributed by atoms with van der Waals surface area (Å²) in [4.78, 5) is 50.6. The maximum atomic E-state index is 13.4. The third-order valence-corrected chi connectivity index (χ3v) is 17.8. The third-order valence-electron chi connectivity index (χ3n) is 17.8. The molecule has 0 aromatic carbocycles. The summed E-state index contributed by atoms with van der Waals surface area (Å²) in [5.41, 5.74) is -10.1. The number of hydrogen-bond donors (Lipinski definition) is 2. The fourth-order valence-corrected chi connectivity index (χ4v) is 14.5. The molecular formula is C46H74O13. The van der Waals surface area contributed by atoms with E-state index in [1.54, 1.807) is 13.8 Å². The highest BCUT2D eigenvalue weighted by molar-refractivity contribution is 5.71. The van der Waals surface area contributed by atoms with E-state index in [4.69, 9.17) is 33.2 Å². The first-order valence-corrected chi connectivity index (χ1v) is 22.0. The summed E-state index contributed by atoms with van der Waals surface area (Å²) in [6.07, 6.45) is 2.35. The number of aliphatic hydroxyl groups is 2. The molecule has 59 heavy (non-hydrogen) atoms. The largest absolute Gasteiger partial charge is 0.469 e.